The highest BCUT2D eigenvalue weighted by atomic mass is 14.7. The number of benzene rings is 7. The van der Waals surface area contributed by atoms with Crippen LogP contribution in [0, 0.1) is 0 Å². The summed E-state index contributed by atoms with van der Waals surface area (Å²) in [5.74, 6) is 0. The molecule has 1 heterocycles. The van der Waals surface area contributed by atoms with Gasteiger partial charge >= 0.3 is 0 Å². The summed E-state index contributed by atoms with van der Waals surface area (Å²) < 4.78 is 0. The molecule has 8 aromatic rings. The van der Waals surface area contributed by atoms with Gasteiger partial charge in [-0.05, 0) is 108 Å². The molecule has 7 aromatic carbocycles. The third-order valence-corrected chi connectivity index (χ3v) is 8.81. The molecule has 1 heteroatoms. The molecule has 0 unspecified atom stereocenters. The van der Waals surface area contributed by atoms with E-state index in [1.807, 2.05) is 12.3 Å². The van der Waals surface area contributed by atoms with Crippen LogP contribution >= 0.6 is 0 Å². The average molecular weight is 532 g/mol. The van der Waals surface area contributed by atoms with Crippen LogP contribution in [-0.2, 0) is 0 Å². The van der Waals surface area contributed by atoms with Crippen LogP contribution in [0.1, 0.15) is 0 Å². The maximum atomic E-state index is 4.83. The van der Waals surface area contributed by atoms with Gasteiger partial charge in [-0.15, -0.1) is 0 Å². The van der Waals surface area contributed by atoms with Crippen LogP contribution in [0.25, 0.3) is 88.1 Å². The van der Waals surface area contributed by atoms with Crippen LogP contribution in [0.4, 0.5) is 0 Å². The third kappa shape index (κ3) is 3.41. The van der Waals surface area contributed by atoms with Crippen molar-refractivity contribution in [2.45, 2.75) is 0 Å². The SMILES string of the molecule is c1ccc(-c2cc(-c3ccccc3)cc(-c3cc4c5cccc6c5c(cc4c4ccccc34)-c3ncccc3-6)c2)cc1. The van der Waals surface area contributed by atoms with Gasteiger partial charge in [0.2, 0.25) is 0 Å². The Morgan fingerprint density at radius 1 is 0.310 bits per heavy atom. The minimum atomic E-state index is 1.09. The number of aromatic nitrogens is 1. The maximum Gasteiger partial charge on any atom is 0.0787 e. The Hall–Kier alpha value is -5.53. The van der Waals surface area contributed by atoms with Crippen molar-refractivity contribution in [3.63, 3.8) is 0 Å². The number of rotatable bonds is 3. The van der Waals surface area contributed by atoms with Gasteiger partial charge in [0.05, 0.1) is 5.69 Å². The van der Waals surface area contributed by atoms with E-state index in [4.69, 9.17) is 4.98 Å². The molecule has 0 bridgehead atoms. The first-order chi connectivity index (χ1) is 20.8. The first-order valence-corrected chi connectivity index (χ1v) is 14.5. The maximum absolute atomic E-state index is 4.83. The van der Waals surface area contributed by atoms with E-state index in [-0.39, 0.29) is 0 Å². The third-order valence-electron chi connectivity index (χ3n) is 8.81. The number of hydrogen-bond donors (Lipinski definition) is 0. The monoisotopic (exact) mass is 531 g/mol. The Kier molecular flexibility index (Phi) is 4.97. The number of fused-ring (bicyclic) bond motifs is 7. The Morgan fingerprint density at radius 2 is 0.881 bits per heavy atom. The standard InChI is InChI=1S/C41H25N/c1-3-11-26(12-4-1)28-21-29(27-13-5-2-6-14-27)23-30(22-28)36-24-38-34-18-9-17-33-35-19-10-20-42-41(35)39(40(33)34)25-37(38)32-16-8-7-15-31(32)36/h1-25H. The highest BCUT2D eigenvalue weighted by molar-refractivity contribution is 6.28. The smallest absolute Gasteiger partial charge is 0.0787 e. The summed E-state index contributed by atoms with van der Waals surface area (Å²) in [4.78, 5) is 4.83. The fourth-order valence-electron chi connectivity index (χ4n) is 6.92. The topological polar surface area (TPSA) is 12.9 Å². The Morgan fingerprint density at radius 3 is 1.62 bits per heavy atom. The molecule has 0 fully saturated rings. The van der Waals surface area contributed by atoms with E-state index in [9.17, 15) is 0 Å². The van der Waals surface area contributed by atoms with Crippen LogP contribution in [0.15, 0.2) is 152 Å². The molecule has 0 amide bonds. The summed E-state index contributed by atoms with van der Waals surface area (Å²) in [7, 11) is 0. The van der Waals surface area contributed by atoms with Gasteiger partial charge in [0.1, 0.15) is 0 Å². The van der Waals surface area contributed by atoms with Gasteiger partial charge in [-0.3, -0.25) is 4.98 Å². The van der Waals surface area contributed by atoms with Crippen molar-refractivity contribution < 1.29 is 0 Å². The van der Waals surface area contributed by atoms with Crippen molar-refractivity contribution >= 4 is 32.3 Å². The molecule has 0 saturated heterocycles. The summed E-state index contributed by atoms with van der Waals surface area (Å²) in [5, 5.41) is 7.68. The second kappa shape index (κ2) is 8.99. The average Bonchev–Trinajstić information content (AvgIpc) is 3.39. The summed E-state index contributed by atoms with van der Waals surface area (Å²) >= 11 is 0. The highest BCUT2D eigenvalue weighted by Crippen LogP contribution is 2.50. The number of hydrogen-bond acceptors (Lipinski definition) is 1. The normalized spacial score (nSPS) is 11.8. The first kappa shape index (κ1) is 23.2. The second-order valence-electron chi connectivity index (χ2n) is 11.1. The van der Waals surface area contributed by atoms with Crippen LogP contribution in [0.5, 0.6) is 0 Å². The zero-order chi connectivity index (χ0) is 27.6. The first-order valence-electron chi connectivity index (χ1n) is 14.5. The molecule has 1 aliphatic rings. The summed E-state index contributed by atoms with van der Waals surface area (Å²) in [5.41, 5.74) is 12.2. The van der Waals surface area contributed by atoms with E-state index in [1.165, 1.54) is 82.4 Å². The largest absolute Gasteiger partial charge is 0.256 e. The molecule has 0 saturated carbocycles. The lowest BCUT2D eigenvalue weighted by Gasteiger charge is -2.16. The molecule has 0 spiro atoms. The van der Waals surface area contributed by atoms with Crippen LogP contribution in [-0.4, -0.2) is 4.98 Å². The van der Waals surface area contributed by atoms with Crippen molar-refractivity contribution in [2.75, 3.05) is 0 Å². The van der Waals surface area contributed by atoms with Gasteiger partial charge in [0.25, 0.3) is 0 Å². The fourth-order valence-corrected chi connectivity index (χ4v) is 6.92. The predicted octanol–water partition coefficient (Wildman–Crippen LogP) is 11.2. The van der Waals surface area contributed by atoms with Gasteiger partial charge in [0, 0.05) is 17.3 Å². The second-order valence-corrected chi connectivity index (χ2v) is 11.1. The van der Waals surface area contributed by atoms with Gasteiger partial charge < -0.3 is 0 Å². The molecule has 0 atom stereocenters. The lowest BCUT2D eigenvalue weighted by molar-refractivity contribution is 1.35. The molecule has 42 heavy (non-hydrogen) atoms. The van der Waals surface area contributed by atoms with E-state index in [1.54, 1.807) is 0 Å². The lowest BCUT2D eigenvalue weighted by atomic mass is 9.87. The van der Waals surface area contributed by atoms with E-state index < -0.39 is 0 Å². The van der Waals surface area contributed by atoms with Crippen LogP contribution in [0.2, 0.25) is 0 Å². The van der Waals surface area contributed by atoms with Crippen molar-refractivity contribution in [1.29, 1.82) is 0 Å². The van der Waals surface area contributed by atoms with Crippen molar-refractivity contribution in [1.82, 2.24) is 4.98 Å². The molecule has 194 valence electrons. The fraction of sp³-hybridized carbons (Fsp3) is 0. The zero-order valence-electron chi connectivity index (χ0n) is 22.9. The minimum Gasteiger partial charge on any atom is -0.256 e. The minimum absolute atomic E-state index is 1.09. The van der Waals surface area contributed by atoms with Crippen LogP contribution < -0.4 is 0 Å². The zero-order valence-corrected chi connectivity index (χ0v) is 22.9. The Labute approximate surface area is 244 Å². The molecule has 9 rings (SSSR count). The van der Waals surface area contributed by atoms with E-state index in [2.05, 4.69) is 140 Å². The Balaban J connectivity index is 1.39. The quantitative estimate of drug-likeness (QED) is 0.207. The van der Waals surface area contributed by atoms with Crippen molar-refractivity contribution in [3.8, 4) is 55.8 Å². The molecule has 0 radical (unpaired) electrons. The van der Waals surface area contributed by atoms with E-state index >= 15 is 0 Å². The summed E-state index contributed by atoms with van der Waals surface area (Å²) in [6, 6.07) is 53.1. The molecular weight excluding hydrogens is 506 g/mol. The molecule has 1 aliphatic carbocycles. The highest BCUT2D eigenvalue weighted by Gasteiger charge is 2.24. The van der Waals surface area contributed by atoms with Crippen molar-refractivity contribution in [2.24, 2.45) is 0 Å². The van der Waals surface area contributed by atoms with Crippen LogP contribution in [0.3, 0.4) is 0 Å². The molecule has 1 aromatic heterocycles. The molecule has 0 aliphatic heterocycles. The number of nitrogens with zero attached hydrogens (tertiary/aromatic N) is 1. The van der Waals surface area contributed by atoms with Gasteiger partial charge in [-0.1, -0.05) is 109 Å². The van der Waals surface area contributed by atoms with Gasteiger partial charge in [-0.2, -0.15) is 0 Å². The van der Waals surface area contributed by atoms with Gasteiger partial charge in [0.15, 0.2) is 0 Å². The molecule has 1 nitrogen and oxygen atoms in total. The summed E-state index contributed by atoms with van der Waals surface area (Å²) in [6.07, 6.45) is 1.91. The molecular formula is C41H25N. The van der Waals surface area contributed by atoms with E-state index in [0.717, 1.165) is 5.69 Å². The summed E-state index contributed by atoms with van der Waals surface area (Å²) in [6.45, 7) is 0. The van der Waals surface area contributed by atoms with E-state index in [0.29, 0.717) is 0 Å². The lowest BCUT2D eigenvalue weighted by Crippen LogP contribution is -1.90. The van der Waals surface area contributed by atoms with Crippen molar-refractivity contribution in [3.05, 3.63) is 152 Å². The predicted molar refractivity (Wildman–Crippen MR) is 177 cm³/mol. The van der Waals surface area contributed by atoms with Gasteiger partial charge in [-0.25, -0.2) is 0 Å². The Bertz CT molecular complexity index is 2280. The number of pyridine rings is 1. The molecule has 0 N–H and O–H groups in total.